The largest absolute Gasteiger partial charge is 0.314 e. The number of hydrogen-bond acceptors (Lipinski definition) is 1. The van der Waals surface area contributed by atoms with E-state index in [9.17, 15) is 0 Å². The minimum absolute atomic E-state index is 0.543. The van der Waals surface area contributed by atoms with E-state index in [-0.39, 0.29) is 0 Å². The molecule has 1 N–H and O–H groups in total. The fraction of sp³-hybridized carbons (Fsp3) is 1.00. The highest BCUT2D eigenvalue weighted by Gasteiger charge is 2.41. The Hall–Kier alpha value is -0.0400. The van der Waals surface area contributed by atoms with Crippen LogP contribution in [0.3, 0.4) is 0 Å². The molecule has 3 atom stereocenters. The molecule has 1 heteroatoms. The van der Waals surface area contributed by atoms with Crippen molar-refractivity contribution in [2.24, 2.45) is 11.8 Å². The van der Waals surface area contributed by atoms with Gasteiger partial charge in [-0.05, 0) is 44.6 Å². The van der Waals surface area contributed by atoms with Gasteiger partial charge in [0.2, 0.25) is 0 Å². The van der Waals surface area contributed by atoms with E-state index in [1.165, 1.54) is 44.9 Å². The molecule has 0 aliphatic heterocycles. The van der Waals surface area contributed by atoms with Crippen molar-refractivity contribution in [1.82, 2.24) is 5.32 Å². The Bertz CT molecular complexity index is 178. The van der Waals surface area contributed by atoms with E-state index in [1.54, 1.807) is 0 Å². The second-order valence-electron chi connectivity index (χ2n) is 5.21. The summed E-state index contributed by atoms with van der Waals surface area (Å²) in [5.41, 5.74) is 0.543. The van der Waals surface area contributed by atoms with E-state index in [2.05, 4.69) is 19.3 Å². The molecule has 1 nitrogen and oxygen atoms in total. The number of fused-ring (bicyclic) bond motifs is 2. The van der Waals surface area contributed by atoms with Crippen LogP contribution in [0.4, 0.5) is 0 Å². The number of nitrogens with one attached hydrogen (secondary N) is 1. The molecule has 0 aromatic carbocycles. The standard InChI is InChI=1S/C12H23N/c1-3-10-7-11-5-4-6-12(8-10,9-11)13-2/h10-11,13H,3-9H2,1-2H3. The first kappa shape index (κ1) is 9.51. The summed E-state index contributed by atoms with van der Waals surface area (Å²) >= 11 is 0. The lowest BCUT2D eigenvalue weighted by atomic mass is 9.63. The van der Waals surface area contributed by atoms with E-state index in [1.807, 2.05) is 0 Å². The Morgan fingerprint density at radius 2 is 2.23 bits per heavy atom. The molecule has 2 aliphatic rings. The summed E-state index contributed by atoms with van der Waals surface area (Å²) in [6.07, 6.45) is 10.2. The first-order valence-corrected chi connectivity index (χ1v) is 5.97. The first-order valence-electron chi connectivity index (χ1n) is 5.97. The minimum Gasteiger partial charge on any atom is -0.314 e. The predicted octanol–water partition coefficient (Wildman–Crippen LogP) is 2.95. The van der Waals surface area contributed by atoms with Gasteiger partial charge in [0.15, 0.2) is 0 Å². The van der Waals surface area contributed by atoms with Gasteiger partial charge in [-0.1, -0.05) is 26.2 Å². The van der Waals surface area contributed by atoms with E-state index in [0.29, 0.717) is 5.54 Å². The summed E-state index contributed by atoms with van der Waals surface area (Å²) in [6.45, 7) is 2.36. The van der Waals surface area contributed by atoms with Crippen LogP contribution in [0.5, 0.6) is 0 Å². The summed E-state index contributed by atoms with van der Waals surface area (Å²) < 4.78 is 0. The molecule has 0 amide bonds. The summed E-state index contributed by atoms with van der Waals surface area (Å²) in [6, 6.07) is 0. The number of hydrogen-bond donors (Lipinski definition) is 1. The van der Waals surface area contributed by atoms with Gasteiger partial charge >= 0.3 is 0 Å². The van der Waals surface area contributed by atoms with Gasteiger partial charge < -0.3 is 5.32 Å². The van der Waals surface area contributed by atoms with Crippen LogP contribution in [0.25, 0.3) is 0 Å². The Balaban J connectivity index is 2.08. The fourth-order valence-electron chi connectivity index (χ4n) is 3.62. The summed E-state index contributed by atoms with van der Waals surface area (Å²) in [7, 11) is 2.17. The van der Waals surface area contributed by atoms with E-state index < -0.39 is 0 Å². The molecule has 2 aliphatic carbocycles. The maximum atomic E-state index is 3.61. The second kappa shape index (κ2) is 3.61. The zero-order valence-electron chi connectivity index (χ0n) is 9.10. The zero-order valence-corrected chi connectivity index (χ0v) is 9.10. The van der Waals surface area contributed by atoms with Gasteiger partial charge in [-0.2, -0.15) is 0 Å². The molecule has 2 rings (SSSR count). The van der Waals surface area contributed by atoms with Crippen LogP contribution in [0, 0.1) is 11.8 Å². The number of rotatable bonds is 2. The molecule has 13 heavy (non-hydrogen) atoms. The van der Waals surface area contributed by atoms with Crippen molar-refractivity contribution in [2.75, 3.05) is 7.05 Å². The molecular weight excluding hydrogens is 158 g/mol. The maximum absolute atomic E-state index is 3.61. The van der Waals surface area contributed by atoms with Crippen LogP contribution >= 0.6 is 0 Å². The molecular formula is C12H23N. The van der Waals surface area contributed by atoms with Crippen molar-refractivity contribution >= 4 is 0 Å². The van der Waals surface area contributed by atoms with E-state index in [4.69, 9.17) is 0 Å². The van der Waals surface area contributed by atoms with Gasteiger partial charge in [0, 0.05) is 5.54 Å². The molecule has 76 valence electrons. The SMILES string of the molecule is CCC1CC2CCCC(NC)(C1)C2. The van der Waals surface area contributed by atoms with E-state index in [0.717, 1.165) is 11.8 Å². The fourth-order valence-corrected chi connectivity index (χ4v) is 3.62. The highest BCUT2D eigenvalue weighted by molar-refractivity contribution is 4.98. The van der Waals surface area contributed by atoms with Crippen molar-refractivity contribution < 1.29 is 0 Å². The molecule has 0 aromatic rings. The Labute approximate surface area is 82.3 Å². The Kier molecular flexibility index (Phi) is 2.64. The van der Waals surface area contributed by atoms with Gasteiger partial charge in [-0.15, -0.1) is 0 Å². The highest BCUT2D eigenvalue weighted by atomic mass is 14.9. The van der Waals surface area contributed by atoms with Crippen LogP contribution in [0.15, 0.2) is 0 Å². The third-order valence-electron chi connectivity index (χ3n) is 4.40. The quantitative estimate of drug-likeness (QED) is 0.690. The van der Waals surface area contributed by atoms with Crippen molar-refractivity contribution in [1.29, 1.82) is 0 Å². The van der Waals surface area contributed by atoms with Crippen molar-refractivity contribution in [3.05, 3.63) is 0 Å². The average Bonchev–Trinajstić information content (AvgIpc) is 2.17. The molecule has 0 aromatic heterocycles. The molecule has 3 unspecified atom stereocenters. The minimum atomic E-state index is 0.543. The molecule has 0 saturated heterocycles. The normalized spacial score (nSPS) is 44.8. The van der Waals surface area contributed by atoms with Crippen molar-refractivity contribution in [2.45, 2.75) is 57.4 Å². The van der Waals surface area contributed by atoms with E-state index >= 15 is 0 Å². The Morgan fingerprint density at radius 3 is 2.92 bits per heavy atom. The van der Waals surface area contributed by atoms with Crippen molar-refractivity contribution in [3.8, 4) is 0 Å². The van der Waals surface area contributed by atoms with Gasteiger partial charge in [0.1, 0.15) is 0 Å². The topological polar surface area (TPSA) is 12.0 Å². The highest BCUT2D eigenvalue weighted by Crippen LogP contribution is 2.45. The smallest absolute Gasteiger partial charge is 0.0183 e. The molecule has 2 saturated carbocycles. The van der Waals surface area contributed by atoms with Crippen LogP contribution in [0.2, 0.25) is 0 Å². The lowest BCUT2D eigenvalue weighted by molar-refractivity contribution is 0.0821. The summed E-state index contributed by atoms with van der Waals surface area (Å²) in [5.74, 6) is 2.05. The van der Waals surface area contributed by atoms with Crippen molar-refractivity contribution in [3.63, 3.8) is 0 Å². The molecule has 2 bridgehead atoms. The lowest BCUT2D eigenvalue weighted by Gasteiger charge is -2.48. The average molecular weight is 181 g/mol. The van der Waals surface area contributed by atoms with Crippen LogP contribution in [0.1, 0.15) is 51.9 Å². The van der Waals surface area contributed by atoms with Crippen LogP contribution in [-0.2, 0) is 0 Å². The van der Waals surface area contributed by atoms with Crippen LogP contribution in [-0.4, -0.2) is 12.6 Å². The second-order valence-corrected chi connectivity index (χ2v) is 5.21. The monoisotopic (exact) mass is 181 g/mol. The summed E-state index contributed by atoms with van der Waals surface area (Å²) in [5, 5.41) is 3.61. The third kappa shape index (κ3) is 1.76. The maximum Gasteiger partial charge on any atom is 0.0183 e. The Morgan fingerprint density at radius 1 is 1.38 bits per heavy atom. The predicted molar refractivity (Wildman–Crippen MR) is 56.8 cm³/mol. The van der Waals surface area contributed by atoms with Gasteiger partial charge in [0.25, 0.3) is 0 Å². The van der Waals surface area contributed by atoms with Gasteiger partial charge in [-0.25, -0.2) is 0 Å². The molecule has 0 heterocycles. The van der Waals surface area contributed by atoms with Gasteiger partial charge in [-0.3, -0.25) is 0 Å². The molecule has 0 radical (unpaired) electrons. The zero-order chi connectivity index (χ0) is 9.31. The summed E-state index contributed by atoms with van der Waals surface area (Å²) in [4.78, 5) is 0. The third-order valence-corrected chi connectivity index (χ3v) is 4.40. The van der Waals surface area contributed by atoms with Crippen LogP contribution < -0.4 is 5.32 Å². The molecule has 0 spiro atoms. The first-order chi connectivity index (χ1) is 6.28. The van der Waals surface area contributed by atoms with Gasteiger partial charge in [0.05, 0.1) is 0 Å². The lowest BCUT2D eigenvalue weighted by Crippen LogP contribution is -2.51. The molecule has 2 fully saturated rings.